The van der Waals surface area contributed by atoms with E-state index >= 15 is 0 Å². The number of alkyl halides is 6. The minimum absolute atomic E-state index is 0.0274. The Hall–Kier alpha value is -2.64. The zero-order valence-electron chi connectivity index (χ0n) is 20.1. The molecule has 0 radical (unpaired) electrons. The Morgan fingerprint density at radius 1 is 1.22 bits per heavy atom. The third kappa shape index (κ3) is 8.44. The largest absolute Gasteiger partial charge is 0.481 e. The van der Waals surface area contributed by atoms with Crippen molar-refractivity contribution in [3.8, 4) is 11.8 Å². The number of rotatable bonds is 6. The van der Waals surface area contributed by atoms with E-state index in [-0.39, 0.29) is 47.4 Å². The van der Waals surface area contributed by atoms with Crippen LogP contribution in [-0.2, 0) is 4.79 Å². The fourth-order valence-corrected chi connectivity index (χ4v) is 5.34. The molecule has 3 nitrogen and oxygen atoms in total. The Bertz CT molecular complexity index is 1110. The lowest BCUT2D eigenvalue weighted by Gasteiger charge is -2.45. The van der Waals surface area contributed by atoms with Gasteiger partial charge in [0.15, 0.2) is 0 Å². The summed E-state index contributed by atoms with van der Waals surface area (Å²) < 4.78 is 77.8. The van der Waals surface area contributed by atoms with Crippen LogP contribution in [-0.4, -0.2) is 40.2 Å². The molecule has 4 atom stereocenters. The first-order valence-corrected chi connectivity index (χ1v) is 12.5. The molecule has 1 fully saturated rings. The van der Waals surface area contributed by atoms with Gasteiger partial charge in [-0.2, -0.15) is 26.3 Å². The van der Waals surface area contributed by atoms with Crippen molar-refractivity contribution < 1.29 is 36.2 Å². The molecular weight excluding hydrogens is 516 g/mol. The number of benzene rings is 1. The van der Waals surface area contributed by atoms with Crippen LogP contribution in [0.4, 0.5) is 26.3 Å². The molecule has 1 unspecified atom stereocenters. The van der Waals surface area contributed by atoms with E-state index in [9.17, 15) is 36.2 Å². The molecule has 2 aliphatic rings. The van der Waals surface area contributed by atoms with Crippen LogP contribution in [0.5, 0.6) is 0 Å². The second kappa shape index (κ2) is 11.8. The van der Waals surface area contributed by atoms with Crippen molar-refractivity contribution in [3.63, 3.8) is 0 Å². The first kappa shape index (κ1) is 28.9. The summed E-state index contributed by atoms with van der Waals surface area (Å²) in [6.07, 6.45) is 0.372. The topological polar surface area (TPSA) is 40.5 Å². The number of carboxylic acids is 1. The van der Waals surface area contributed by atoms with Gasteiger partial charge in [-0.3, -0.25) is 9.69 Å². The number of nitrogens with zero attached hydrogens (tertiary/aromatic N) is 1. The Morgan fingerprint density at radius 2 is 1.89 bits per heavy atom. The van der Waals surface area contributed by atoms with Crippen molar-refractivity contribution in [3.05, 3.63) is 65.8 Å². The summed E-state index contributed by atoms with van der Waals surface area (Å²) in [6, 6.07) is 5.02. The number of thioether (sulfide) groups is 1. The average Bonchev–Trinajstić information content (AvgIpc) is 2.79. The molecule has 1 aromatic rings. The molecule has 1 saturated heterocycles. The Labute approximate surface area is 216 Å². The summed E-state index contributed by atoms with van der Waals surface area (Å²) >= 11 is -0.220. The summed E-state index contributed by atoms with van der Waals surface area (Å²) in [4.78, 5) is 13.4. The van der Waals surface area contributed by atoms with Crippen molar-refractivity contribution in [2.24, 2.45) is 11.8 Å². The maximum absolute atomic E-state index is 13.2. The third-order valence-electron chi connectivity index (χ3n) is 6.40. The lowest BCUT2D eigenvalue weighted by Crippen LogP contribution is -2.48. The molecule has 1 aliphatic carbocycles. The fraction of sp³-hybridized carbons (Fsp3) is 0.444. The van der Waals surface area contributed by atoms with Gasteiger partial charge in [-0.25, -0.2) is 0 Å². The molecule has 0 bridgehead atoms. The van der Waals surface area contributed by atoms with E-state index in [1.54, 1.807) is 19.1 Å². The van der Waals surface area contributed by atoms with Crippen molar-refractivity contribution >= 4 is 17.7 Å². The van der Waals surface area contributed by atoms with E-state index in [0.29, 0.717) is 30.5 Å². The van der Waals surface area contributed by atoms with Crippen LogP contribution in [0.1, 0.15) is 44.2 Å². The van der Waals surface area contributed by atoms with Crippen LogP contribution in [0.2, 0.25) is 0 Å². The van der Waals surface area contributed by atoms with E-state index in [4.69, 9.17) is 0 Å². The first-order chi connectivity index (χ1) is 17.2. The molecule has 1 heterocycles. The van der Waals surface area contributed by atoms with Crippen LogP contribution in [0.25, 0.3) is 0 Å². The van der Waals surface area contributed by atoms with E-state index in [0.717, 1.165) is 12.2 Å². The Balaban J connectivity index is 1.95. The number of halogens is 6. The monoisotopic (exact) mass is 543 g/mol. The zero-order chi connectivity index (χ0) is 27.4. The smallest absolute Gasteiger partial charge is 0.446 e. The minimum atomic E-state index is -4.45. The van der Waals surface area contributed by atoms with Crippen molar-refractivity contribution in [2.45, 2.75) is 61.3 Å². The lowest BCUT2D eigenvalue weighted by molar-refractivity contribution is -0.138. The number of allylic oxidation sites excluding steroid dienone is 4. The lowest BCUT2D eigenvalue weighted by atomic mass is 9.78. The average molecular weight is 544 g/mol. The molecule has 10 heteroatoms. The number of carbonyl (C=O) groups is 1. The summed E-state index contributed by atoms with van der Waals surface area (Å²) in [5, 5.41) is 9.32. The second-order valence-corrected chi connectivity index (χ2v) is 10.4. The van der Waals surface area contributed by atoms with Gasteiger partial charge in [-0.05, 0) is 73.1 Å². The van der Waals surface area contributed by atoms with Crippen LogP contribution in [0.15, 0.2) is 65.1 Å². The number of hydrogen-bond acceptors (Lipinski definition) is 3. The number of likely N-dealkylation sites (tertiary alicyclic amines) is 1. The van der Waals surface area contributed by atoms with Gasteiger partial charge in [0, 0.05) is 23.9 Å². The first-order valence-electron chi connectivity index (χ1n) is 11.7. The normalized spacial score (nSPS) is 23.5. The molecule has 37 heavy (non-hydrogen) atoms. The van der Waals surface area contributed by atoms with E-state index in [1.807, 2.05) is 4.90 Å². The summed E-state index contributed by atoms with van der Waals surface area (Å²) in [7, 11) is 0. The number of carboxylic acid groups (broad SMARTS) is 1. The standard InChI is InChI=1S/C27H27F6NO2S/c1-17(2)3-12-23(19-6-10-22(11-7-19)37-27(31,32)33)34-14-13-18(16-25(35)36)15-24(34)20-4-8-21(9-5-20)26(28,29)30/h4,6-11,18,20,23-24H,1,5,13-16H2,2H3,(H,35,36)/t18-,20?,23-,24+/m0/s1. The molecular formula is C27H27F6NO2S. The van der Waals surface area contributed by atoms with Gasteiger partial charge in [0.2, 0.25) is 0 Å². The van der Waals surface area contributed by atoms with Gasteiger partial charge in [0.1, 0.15) is 0 Å². The summed E-state index contributed by atoms with van der Waals surface area (Å²) in [5.74, 6) is 4.69. The number of aliphatic carboxylic acids is 1. The minimum Gasteiger partial charge on any atom is -0.481 e. The molecule has 1 aromatic carbocycles. The summed E-state index contributed by atoms with van der Waals surface area (Å²) in [6.45, 7) is 5.96. The van der Waals surface area contributed by atoms with Gasteiger partial charge in [0.05, 0.1) is 11.6 Å². The second-order valence-electron chi connectivity index (χ2n) is 9.28. The highest BCUT2D eigenvalue weighted by Crippen LogP contribution is 2.41. The van der Waals surface area contributed by atoms with Crippen molar-refractivity contribution in [1.82, 2.24) is 4.90 Å². The zero-order valence-corrected chi connectivity index (χ0v) is 20.9. The van der Waals surface area contributed by atoms with Crippen LogP contribution in [0.3, 0.4) is 0 Å². The highest BCUT2D eigenvalue weighted by Gasteiger charge is 2.40. The predicted molar refractivity (Wildman–Crippen MR) is 131 cm³/mol. The molecule has 3 rings (SSSR count). The van der Waals surface area contributed by atoms with Crippen LogP contribution < -0.4 is 0 Å². The predicted octanol–water partition coefficient (Wildman–Crippen LogP) is 7.54. The summed E-state index contributed by atoms with van der Waals surface area (Å²) in [5.41, 5.74) is -3.91. The third-order valence-corrected chi connectivity index (χ3v) is 7.14. The molecule has 1 aliphatic heterocycles. The van der Waals surface area contributed by atoms with Crippen LogP contribution in [0, 0.1) is 23.7 Å². The fourth-order valence-electron chi connectivity index (χ4n) is 4.80. The van der Waals surface area contributed by atoms with Gasteiger partial charge in [0.25, 0.3) is 0 Å². The highest BCUT2D eigenvalue weighted by atomic mass is 32.2. The Kier molecular flexibility index (Phi) is 9.24. The number of piperidine rings is 1. The molecule has 0 spiro atoms. The number of hydrogen-bond donors (Lipinski definition) is 1. The maximum Gasteiger partial charge on any atom is 0.446 e. The molecule has 0 aromatic heterocycles. The SMILES string of the molecule is C=C(C)C#C[C@@H](c1ccc(SC(F)(F)F)cc1)N1CC[C@H](CC(=O)O)C[C@@H]1C1C=CC(C(F)(F)F)=CC1. The van der Waals surface area contributed by atoms with Gasteiger partial charge in [-0.1, -0.05) is 48.8 Å². The van der Waals surface area contributed by atoms with Crippen LogP contribution >= 0.6 is 11.8 Å². The molecule has 200 valence electrons. The van der Waals surface area contributed by atoms with Crippen molar-refractivity contribution in [1.29, 1.82) is 0 Å². The molecule has 0 saturated carbocycles. The van der Waals surface area contributed by atoms with Gasteiger partial charge >= 0.3 is 17.7 Å². The van der Waals surface area contributed by atoms with E-state index < -0.39 is 29.3 Å². The van der Waals surface area contributed by atoms with E-state index in [2.05, 4.69) is 18.4 Å². The molecule has 0 amide bonds. The van der Waals surface area contributed by atoms with Gasteiger partial charge in [-0.15, -0.1) is 0 Å². The van der Waals surface area contributed by atoms with Gasteiger partial charge < -0.3 is 5.11 Å². The van der Waals surface area contributed by atoms with Crippen molar-refractivity contribution in [2.75, 3.05) is 6.54 Å². The quantitative estimate of drug-likeness (QED) is 0.229. The molecule has 1 N–H and O–H groups in total. The highest BCUT2D eigenvalue weighted by molar-refractivity contribution is 8.00. The maximum atomic E-state index is 13.2. The Morgan fingerprint density at radius 3 is 2.41 bits per heavy atom. The van der Waals surface area contributed by atoms with E-state index in [1.165, 1.54) is 18.2 Å².